The minimum atomic E-state index is -0.895. The van der Waals surface area contributed by atoms with Crippen molar-refractivity contribution in [1.82, 2.24) is 0 Å². The Hall–Kier alpha value is 0.706. The van der Waals surface area contributed by atoms with Gasteiger partial charge >= 0.3 is 0 Å². The van der Waals surface area contributed by atoms with Crippen LogP contribution in [-0.4, -0.2) is 68.1 Å². The molecule has 0 amide bonds. The Morgan fingerprint density at radius 1 is 1.45 bits per heavy atom. The maximum Gasteiger partial charge on any atom is 0.270 e. The summed E-state index contributed by atoms with van der Waals surface area (Å²) in [6, 6.07) is -0.895. The first kappa shape index (κ1) is 11.7. The molecule has 0 spiro atoms. The first-order valence-corrected chi connectivity index (χ1v) is 3.38. The third kappa shape index (κ3) is 3.29. The van der Waals surface area contributed by atoms with E-state index < -0.39 is 11.0 Å². The molecule has 4 nitrogen and oxygen atoms in total. The average Bonchev–Trinajstić information content (AvgIpc) is 1.88. The van der Waals surface area contributed by atoms with Crippen LogP contribution >= 0.6 is 0 Å². The maximum atomic E-state index is 10.8. The summed E-state index contributed by atoms with van der Waals surface area (Å²) in [5, 5.41) is 10.1. The molecule has 1 saturated carbocycles. The SMILES string of the molecule is O=C1CCCCC1[N+](=O)[O-].[K]. The molecule has 1 aliphatic rings. The third-order valence-electron chi connectivity index (χ3n) is 1.78. The van der Waals surface area contributed by atoms with E-state index in [-0.39, 0.29) is 57.2 Å². The molecule has 0 bridgehead atoms. The number of ketones is 1. The van der Waals surface area contributed by atoms with Crippen molar-refractivity contribution in [2.24, 2.45) is 0 Å². The smallest absolute Gasteiger partial charge is 0.270 e. The van der Waals surface area contributed by atoms with Crippen molar-refractivity contribution in [3.63, 3.8) is 0 Å². The number of carbonyl (C=O) groups excluding carboxylic acids is 1. The van der Waals surface area contributed by atoms with Crippen LogP contribution in [0.25, 0.3) is 0 Å². The molecule has 0 aliphatic heterocycles. The fraction of sp³-hybridized carbons (Fsp3) is 0.833. The van der Waals surface area contributed by atoms with Crippen LogP contribution in [0, 0.1) is 10.1 Å². The van der Waals surface area contributed by atoms with Crippen LogP contribution in [0.4, 0.5) is 0 Å². The Balaban J connectivity index is 0.000001000. The molecule has 1 radical (unpaired) electrons. The molecule has 0 aromatic carbocycles. The van der Waals surface area contributed by atoms with Gasteiger partial charge in [-0.15, -0.1) is 0 Å². The van der Waals surface area contributed by atoms with Crippen molar-refractivity contribution in [2.45, 2.75) is 31.7 Å². The largest absolute Gasteiger partial charge is 0.292 e. The van der Waals surface area contributed by atoms with Crippen molar-refractivity contribution < 1.29 is 9.72 Å². The van der Waals surface area contributed by atoms with Gasteiger partial charge in [-0.3, -0.25) is 14.9 Å². The van der Waals surface area contributed by atoms with Crippen LogP contribution in [0.5, 0.6) is 0 Å². The van der Waals surface area contributed by atoms with E-state index >= 15 is 0 Å². The van der Waals surface area contributed by atoms with E-state index in [9.17, 15) is 14.9 Å². The van der Waals surface area contributed by atoms with Crippen molar-refractivity contribution in [2.75, 3.05) is 0 Å². The second-order valence-corrected chi connectivity index (χ2v) is 2.51. The van der Waals surface area contributed by atoms with E-state index in [4.69, 9.17) is 0 Å². The number of carbonyl (C=O) groups is 1. The molecular weight excluding hydrogens is 173 g/mol. The van der Waals surface area contributed by atoms with E-state index in [1.165, 1.54) is 0 Å². The second-order valence-electron chi connectivity index (χ2n) is 2.51. The predicted octanol–water partition coefficient (Wildman–Crippen LogP) is 0.394. The Kier molecular flexibility index (Phi) is 5.71. The zero-order valence-electron chi connectivity index (χ0n) is 6.58. The van der Waals surface area contributed by atoms with Gasteiger partial charge in [-0.1, -0.05) is 0 Å². The normalized spacial score (nSPS) is 24.0. The molecule has 1 aliphatic carbocycles. The maximum absolute atomic E-state index is 10.8. The van der Waals surface area contributed by atoms with Crippen LogP contribution < -0.4 is 0 Å². The van der Waals surface area contributed by atoms with Gasteiger partial charge in [-0.2, -0.15) is 0 Å². The quantitative estimate of drug-likeness (QED) is 0.335. The van der Waals surface area contributed by atoms with Crippen molar-refractivity contribution in [3.8, 4) is 0 Å². The summed E-state index contributed by atoms with van der Waals surface area (Å²) in [6.45, 7) is 0. The Morgan fingerprint density at radius 3 is 2.45 bits per heavy atom. The summed E-state index contributed by atoms with van der Waals surface area (Å²) in [7, 11) is 0. The van der Waals surface area contributed by atoms with Crippen LogP contribution in [0.15, 0.2) is 0 Å². The van der Waals surface area contributed by atoms with Gasteiger partial charge in [0.2, 0.25) is 5.78 Å². The van der Waals surface area contributed by atoms with Gasteiger partial charge in [0, 0.05) is 69.1 Å². The predicted molar refractivity (Wildman–Crippen MR) is 40.0 cm³/mol. The van der Waals surface area contributed by atoms with E-state index in [1.807, 2.05) is 0 Å². The Bertz CT molecular complexity index is 171. The second kappa shape index (κ2) is 5.37. The van der Waals surface area contributed by atoms with E-state index in [2.05, 4.69) is 0 Å². The van der Waals surface area contributed by atoms with Gasteiger partial charge < -0.3 is 0 Å². The first-order valence-electron chi connectivity index (χ1n) is 3.38. The number of hydrogen-bond acceptors (Lipinski definition) is 3. The van der Waals surface area contributed by atoms with Gasteiger partial charge in [0.1, 0.15) is 0 Å². The number of nitro groups is 1. The molecule has 1 atom stereocenters. The topological polar surface area (TPSA) is 60.2 Å². The molecule has 1 rings (SSSR count). The molecule has 0 aromatic rings. The van der Waals surface area contributed by atoms with E-state index in [0.29, 0.717) is 12.8 Å². The molecule has 57 valence electrons. The summed E-state index contributed by atoms with van der Waals surface area (Å²) in [4.78, 5) is 20.5. The fourth-order valence-corrected chi connectivity index (χ4v) is 1.19. The summed E-state index contributed by atoms with van der Waals surface area (Å²) < 4.78 is 0. The minimum Gasteiger partial charge on any atom is -0.292 e. The molecule has 0 heterocycles. The van der Waals surface area contributed by atoms with Gasteiger partial charge in [0.05, 0.1) is 0 Å². The monoisotopic (exact) mass is 182 g/mol. The standard InChI is InChI=1S/C6H9NO3.K/c8-6-4-2-1-3-5(6)7(9)10;/h5H,1-4H2;. The molecule has 0 saturated heterocycles. The summed E-state index contributed by atoms with van der Waals surface area (Å²) in [5.74, 6) is -0.198. The van der Waals surface area contributed by atoms with Crippen LogP contribution in [0.2, 0.25) is 0 Å². The molecular formula is C6H9KNO3. The van der Waals surface area contributed by atoms with Crippen LogP contribution in [0.3, 0.4) is 0 Å². The average molecular weight is 182 g/mol. The zero-order chi connectivity index (χ0) is 7.56. The third-order valence-corrected chi connectivity index (χ3v) is 1.78. The molecule has 0 aromatic heterocycles. The first-order chi connectivity index (χ1) is 4.72. The Labute approximate surface area is 107 Å². The Morgan fingerprint density at radius 2 is 2.09 bits per heavy atom. The van der Waals surface area contributed by atoms with Crippen LogP contribution in [-0.2, 0) is 4.79 Å². The zero-order valence-corrected chi connectivity index (χ0v) is 9.70. The van der Waals surface area contributed by atoms with Crippen molar-refractivity contribution in [1.29, 1.82) is 0 Å². The van der Waals surface area contributed by atoms with Crippen molar-refractivity contribution in [3.05, 3.63) is 10.1 Å². The molecule has 5 heteroatoms. The van der Waals surface area contributed by atoms with Crippen LogP contribution in [0.1, 0.15) is 25.7 Å². The summed E-state index contributed by atoms with van der Waals surface area (Å²) in [5.41, 5.74) is 0. The van der Waals surface area contributed by atoms with Gasteiger partial charge in [-0.05, 0) is 12.8 Å². The molecule has 1 unspecified atom stereocenters. The molecule has 0 N–H and O–H groups in total. The van der Waals surface area contributed by atoms with Gasteiger partial charge in [-0.25, -0.2) is 0 Å². The van der Waals surface area contributed by atoms with Gasteiger partial charge in [0.25, 0.3) is 6.04 Å². The number of rotatable bonds is 1. The van der Waals surface area contributed by atoms with E-state index in [0.717, 1.165) is 12.8 Å². The number of hydrogen-bond donors (Lipinski definition) is 0. The summed E-state index contributed by atoms with van der Waals surface area (Å²) >= 11 is 0. The summed E-state index contributed by atoms with van der Waals surface area (Å²) in [6.07, 6.45) is 2.47. The fourth-order valence-electron chi connectivity index (χ4n) is 1.19. The minimum absolute atomic E-state index is 0. The molecule has 11 heavy (non-hydrogen) atoms. The van der Waals surface area contributed by atoms with E-state index in [1.54, 1.807) is 0 Å². The van der Waals surface area contributed by atoms with Crippen molar-refractivity contribution >= 4 is 57.2 Å². The number of nitrogens with zero attached hydrogens (tertiary/aromatic N) is 1. The number of Topliss-reactive ketones (excluding diaryl/α,β-unsaturated/α-hetero) is 1. The molecule has 1 fully saturated rings. The van der Waals surface area contributed by atoms with Gasteiger partial charge in [0.15, 0.2) is 0 Å².